The molecule has 0 aromatic carbocycles. The molecule has 0 bridgehead atoms. The van der Waals surface area contributed by atoms with E-state index in [1.54, 1.807) is 0 Å². The Labute approximate surface area is 106 Å². The van der Waals surface area contributed by atoms with E-state index in [2.05, 4.69) is 12.2 Å². The van der Waals surface area contributed by atoms with Gasteiger partial charge in [-0.15, -0.1) is 0 Å². The average molecular weight is 249 g/mol. The fourth-order valence-electron chi connectivity index (χ4n) is 0.913. The van der Waals surface area contributed by atoms with Crippen molar-refractivity contribution in [3.8, 4) is 0 Å². The van der Waals surface area contributed by atoms with Crippen molar-refractivity contribution in [2.75, 3.05) is 39.4 Å². The van der Waals surface area contributed by atoms with Crippen LogP contribution in [0.1, 0.15) is 33.1 Å². The van der Waals surface area contributed by atoms with Gasteiger partial charge in [0.15, 0.2) is 0 Å². The van der Waals surface area contributed by atoms with Crippen molar-refractivity contribution in [1.82, 2.24) is 5.32 Å². The Morgan fingerprint density at radius 2 is 1.76 bits per heavy atom. The number of rotatable bonds is 10. The van der Waals surface area contributed by atoms with Crippen LogP contribution in [0.4, 0.5) is 0 Å². The Bertz CT molecular complexity index is 122. The monoisotopic (exact) mass is 249 g/mol. The number of hydrogen-bond donors (Lipinski definition) is 4. The van der Waals surface area contributed by atoms with E-state index in [-0.39, 0.29) is 6.10 Å². The molecular formula is C12H31N3O2. The van der Waals surface area contributed by atoms with E-state index in [4.69, 9.17) is 21.3 Å². The molecule has 1 atom stereocenters. The molecule has 0 aromatic rings. The molecule has 6 N–H and O–H groups in total. The fraction of sp³-hybridized carbons (Fsp3) is 1.00. The standard InChI is InChI=1S/C8H18O2.C4H13N3/c1-3-5-6-10-7-8(9)4-2;5-1-3-7-4-2-6/h8-9H,3-7H2,1-2H3;7H,1-6H2. The number of unbranched alkanes of at least 4 members (excludes halogenated alkanes) is 1. The number of ether oxygens (including phenoxy) is 1. The summed E-state index contributed by atoms with van der Waals surface area (Å²) >= 11 is 0. The first-order valence-corrected chi connectivity index (χ1v) is 6.59. The molecule has 0 aliphatic heterocycles. The number of aliphatic hydroxyl groups excluding tert-OH is 1. The number of nitrogens with one attached hydrogen (secondary N) is 1. The summed E-state index contributed by atoms with van der Waals surface area (Å²) < 4.78 is 5.18. The van der Waals surface area contributed by atoms with Gasteiger partial charge in [0, 0.05) is 32.8 Å². The summed E-state index contributed by atoms with van der Waals surface area (Å²) in [5.74, 6) is 0. The van der Waals surface area contributed by atoms with Crippen LogP contribution in [0.2, 0.25) is 0 Å². The highest BCUT2D eigenvalue weighted by Crippen LogP contribution is 1.93. The molecule has 0 aromatic heterocycles. The second-order valence-corrected chi connectivity index (χ2v) is 3.82. The normalized spacial score (nSPS) is 11.8. The Morgan fingerprint density at radius 3 is 2.18 bits per heavy atom. The minimum absolute atomic E-state index is 0.267. The molecule has 0 rings (SSSR count). The highest BCUT2D eigenvalue weighted by atomic mass is 16.5. The fourth-order valence-corrected chi connectivity index (χ4v) is 0.913. The lowest BCUT2D eigenvalue weighted by Crippen LogP contribution is -2.27. The number of hydrogen-bond acceptors (Lipinski definition) is 5. The van der Waals surface area contributed by atoms with Gasteiger partial charge in [-0.05, 0) is 12.8 Å². The quantitative estimate of drug-likeness (QED) is 0.411. The largest absolute Gasteiger partial charge is 0.391 e. The third-order valence-corrected chi connectivity index (χ3v) is 2.07. The van der Waals surface area contributed by atoms with Gasteiger partial charge in [-0.2, -0.15) is 0 Å². The second-order valence-electron chi connectivity index (χ2n) is 3.82. The number of nitrogens with two attached hydrogens (primary N) is 2. The first-order chi connectivity index (χ1) is 8.22. The van der Waals surface area contributed by atoms with E-state index in [0.717, 1.165) is 39.0 Å². The topological polar surface area (TPSA) is 93.5 Å². The molecule has 106 valence electrons. The van der Waals surface area contributed by atoms with Crippen molar-refractivity contribution < 1.29 is 9.84 Å². The van der Waals surface area contributed by atoms with E-state index >= 15 is 0 Å². The van der Waals surface area contributed by atoms with Crippen LogP contribution in [0.15, 0.2) is 0 Å². The summed E-state index contributed by atoms with van der Waals surface area (Å²) in [4.78, 5) is 0. The van der Waals surface area contributed by atoms with Crippen LogP contribution in [0, 0.1) is 0 Å². The van der Waals surface area contributed by atoms with Gasteiger partial charge < -0.3 is 26.6 Å². The summed E-state index contributed by atoms with van der Waals surface area (Å²) in [5.41, 5.74) is 10.3. The zero-order chi connectivity index (χ0) is 13.4. The van der Waals surface area contributed by atoms with Crippen LogP contribution < -0.4 is 16.8 Å². The molecule has 0 spiro atoms. The molecule has 5 nitrogen and oxygen atoms in total. The zero-order valence-corrected chi connectivity index (χ0v) is 11.5. The zero-order valence-electron chi connectivity index (χ0n) is 11.5. The minimum Gasteiger partial charge on any atom is -0.391 e. The van der Waals surface area contributed by atoms with E-state index in [0.29, 0.717) is 19.7 Å². The first-order valence-electron chi connectivity index (χ1n) is 6.59. The molecule has 0 fully saturated rings. The van der Waals surface area contributed by atoms with Gasteiger partial charge in [0.05, 0.1) is 12.7 Å². The minimum atomic E-state index is -0.267. The maximum atomic E-state index is 9.03. The van der Waals surface area contributed by atoms with Gasteiger partial charge in [0.1, 0.15) is 0 Å². The Balaban J connectivity index is 0. The van der Waals surface area contributed by atoms with Crippen molar-refractivity contribution in [1.29, 1.82) is 0 Å². The predicted octanol–water partition coefficient (Wildman–Crippen LogP) is 0.0674. The molecule has 0 saturated heterocycles. The second kappa shape index (κ2) is 18.2. The van der Waals surface area contributed by atoms with Crippen molar-refractivity contribution in [2.24, 2.45) is 11.5 Å². The first kappa shape index (κ1) is 19.1. The van der Waals surface area contributed by atoms with Crippen LogP contribution in [-0.2, 0) is 4.74 Å². The van der Waals surface area contributed by atoms with E-state index in [9.17, 15) is 0 Å². The smallest absolute Gasteiger partial charge is 0.0771 e. The summed E-state index contributed by atoms with van der Waals surface area (Å²) in [5, 5.41) is 12.1. The third kappa shape index (κ3) is 21.6. The summed E-state index contributed by atoms with van der Waals surface area (Å²) in [6.07, 6.45) is 2.77. The molecule has 17 heavy (non-hydrogen) atoms. The Hall–Kier alpha value is -0.200. The summed E-state index contributed by atoms with van der Waals surface area (Å²) in [6, 6.07) is 0. The lowest BCUT2D eigenvalue weighted by atomic mass is 10.3. The lowest BCUT2D eigenvalue weighted by Gasteiger charge is -2.07. The van der Waals surface area contributed by atoms with E-state index in [1.165, 1.54) is 0 Å². The van der Waals surface area contributed by atoms with Crippen molar-refractivity contribution in [3.05, 3.63) is 0 Å². The predicted molar refractivity (Wildman–Crippen MR) is 73.0 cm³/mol. The van der Waals surface area contributed by atoms with Gasteiger partial charge in [-0.3, -0.25) is 0 Å². The molecule has 5 heteroatoms. The van der Waals surface area contributed by atoms with E-state index in [1.807, 2.05) is 6.92 Å². The van der Waals surface area contributed by atoms with Crippen LogP contribution >= 0.6 is 0 Å². The van der Waals surface area contributed by atoms with Gasteiger partial charge in [-0.1, -0.05) is 20.3 Å². The molecule has 0 aliphatic rings. The average Bonchev–Trinajstić information content (AvgIpc) is 2.36. The Kier molecular flexibility index (Phi) is 20.5. The van der Waals surface area contributed by atoms with Gasteiger partial charge in [-0.25, -0.2) is 0 Å². The maximum Gasteiger partial charge on any atom is 0.0771 e. The van der Waals surface area contributed by atoms with Crippen LogP contribution in [0.3, 0.4) is 0 Å². The van der Waals surface area contributed by atoms with Gasteiger partial charge in [0.2, 0.25) is 0 Å². The lowest BCUT2D eigenvalue weighted by molar-refractivity contribution is 0.0340. The molecule has 0 amide bonds. The van der Waals surface area contributed by atoms with Crippen LogP contribution in [-0.4, -0.2) is 50.6 Å². The van der Waals surface area contributed by atoms with Crippen molar-refractivity contribution >= 4 is 0 Å². The number of aliphatic hydroxyl groups is 1. The van der Waals surface area contributed by atoms with Crippen LogP contribution in [0.5, 0.6) is 0 Å². The molecule has 0 saturated carbocycles. The SMILES string of the molecule is CCCCOCC(O)CC.NCCNCCN. The molecule has 1 unspecified atom stereocenters. The third-order valence-electron chi connectivity index (χ3n) is 2.07. The molecule has 0 heterocycles. The maximum absolute atomic E-state index is 9.03. The molecule has 0 radical (unpaired) electrons. The van der Waals surface area contributed by atoms with Crippen LogP contribution in [0.25, 0.3) is 0 Å². The Morgan fingerprint density at radius 1 is 1.18 bits per heavy atom. The van der Waals surface area contributed by atoms with Gasteiger partial charge >= 0.3 is 0 Å². The molecular weight excluding hydrogens is 218 g/mol. The highest BCUT2D eigenvalue weighted by Gasteiger charge is 1.98. The molecule has 0 aliphatic carbocycles. The summed E-state index contributed by atoms with van der Waals surface area (Å²) in [7, 11) is 0. The van der Waals surface area contributed by atoms with Gasteiger partial charge in [0.25, 0.3) is 0 Å². The van der Waals surface area contributed by atoms with Crippen molar-refractivity contribution in [3.63, 3.8) is 0 Å². The summed E-state index contributed by atoms with van der Waals surface area (Å²) in [6.45, 7) is 8.49. The van der Waals surface area contributed by atoms with E-state index < -0.39 is 0 Å². The van der Waals surface area contributed by atoms with Crippen molar-refractivity contribution in [2.45, 2.75) is 39.2 Å². The highest BCUT2D eigenvalue weighted by molar-refractivity contribution is 4.48.